The van der Waals surface area contributed by atoms with Crippen LogP contribution in [0.15, 0.2) is 40.1 Å². The van der Waals surface area contributed by atoms with Crippen molar-refractivity contribution in [3.05, 3.63) is 46.3 Å². The lowest BCUT2D eigenvalue weighted by molar-refractivity contribution is -0.113. The molecule has 1 amide bonds. The molecule has 0 aliphatic rings. The Morgan fingerprint density at radius 2 is 2.13 bits per heavy atom. The Kier molecular flexibility index (Phi) is 5.04. The van der Waals surface area contributed by atoms with Crippen LogP contribution in [0.5, 0.6) is 0 Å². The molecule has 0 saturated heterocycles. The predicted molar refractivity (Wildman–Crippen MR) is 91.4 cm³/mol. The van der Waals surface area contributed by atoms with Gasteiger partial charge in [0.1, 0.15) is 5.69 Å². The zero-order valence-electron chi connectivity index (χ0n) is 12.4. The lowest BCUT2D eigenvalue weighted by Gasteiger charge is -2.01. The van der Waals surface area contributed by atoms with E-state index in [9.17, 15) is 4.79 Å². The van der Waals surface area contributed by atoms with Crippen LogP contribution in [-0.2, 0) is 10.5 Å². The van der Waals surface area contributed by atoms with Crippen molar-refractivity contribution in [3.8, 4) is 11.6 Å². The van der Waals surface area contributed by atoms with Gasteiger partial charge < -0.3 is 4.42 Å². The zero-order chi connectivity index (χ0) is 16.1. The highest BCUT2D eigenvalue weighted by Gasteiger charge is 2.13. The molecule has 0 bridgehead atoms. The van der Waals surface area contributed by atoms with Gasteiger partial charge in [-0.25, -0.2) is 4.98 Å². The second kappa shape index (κ2) is 7.38. The van der Waals surface area contributed by atoms with E-state index in [1.165, 1.54) is 28.7 Å². The average molecular weight is 346 g/mol. The Balaban J connectivity index is 1.49. The number of nitrogens with one attached hydrogen (secondary N) is 1. The summed E-state index contributed by atoms with van der Waals surface area (Å²) in [4.78, 5) is 16.1. The number of carbonyl (C=O) groups excluding carboxylic acids is 1. The van der Waals surface area contributed by atoms with E-state index < -0.39 is 0 Å². The van der Waals surface area contributed by atoms with Gasteiger partial charge in [0.05, 0.1) is 10.8 Å². The average Bonchev–Trinajstić information content (AvgIpc) is 3.17. The Hall–Kier alpha value is -2.19. The van der Waals surface area contributed by atoms with Crippen molar-refractivity contribution in [1.29, 1.82) is 0 Å². The minimum absolute atomic E-state index is 0.0935. The van der Waals surface area contributed by atoms with Crippen molar-refractivity contribution >= 4 is 35.0 Å². The summed E-state index contributed by atoms with van der Waals surface area (Å²) in [5.41, 5.74) is 1.81. The standard InChI is InChI=1S/C15H14N4O2S2/c1-10-16-12(8-23-10)14-18-19-15(21-14)17-13(20)9-22-7-11-5-3-2-4-6-11/h2-6,8H,7,9H2,1H3,(H,17,19,20). The summed E-state index contributed by atoms with van der Waals surface area (Å²) in [6.07, 6.45) is 0. The molecule has 0 atom stereocenters. The van der Waals surface area contributed by atoms with Gasteiger partial charge >= 0.3 is 6.01 Å². The first-order valence-corrected chi connectivity index (χ1v) is 8.91. The molecule has 0 aliphatic carbocycles. The third-order valence-electron chi connectivity index (χ3n) is 2.85. The normalized spacial score (nSPS) is 10.7. The van der Waals surface area contributed by atoms with Crippen LogP contribution in [0.1, 0.15) is 10.6 Å². The number of rotatable bonds is 6. The van der Waals surface area contributed by atoms with E-state index in [-0.39, 0.29) is 11.9 Å². The summed E-state index contributed by atoms with van der Waals surface area (Å²) in [6, 6.07) is 10.1. The third-order valence-corrected chi connectivity index (χ3v) is 4.63. The zero-order valence-corrected chi connectivity index (χ0v) is 14.0. The number of aryl methyl sites for hydroxylation is 1. The second-order valence-electron chi connectivity index (χ2n) is 4.69. The quantitative estimate of drug-likeness (QED) is 0.737. The highest BCUT2D eigenvalue weighted by Crippen LogP contribution is 2.21. The minimum atomic E-state index is -0.171. The molecule has 23 heavy (non-hydrogen) atoms. The molecule has 1 aromatic carbocycles. The molecule has 6 nitrogen and oxygen atoms in total. The molecule has 0 saturated carbocycles. The molecular weight excluding hydrogens is 332 g/mol. The fraction of sp³-hybridized carbons (Fsp3) is 0.200. The number of thioether (sulfide) groups is 1. The van der Waals surface area contributed by atoms with E-state index in [2.05, 4.69) is 20.5 Å². The first-order valence-electron chi connectivity index (χ1n) is 6.88. The topological polar surface area (TPSA) is 80.9 Å². The summed E-state index contributed by atoms with van der Waals surface area (Å²) in [5, 5.41) is 13.1. The molecule has 0 aliphatic heterocycles. The number of hydrogen-bond donors (Lipinski definition) is 1. The highest BCUT2D eigenvalue weighted by molar-refractivity contribution is 7.99. The van der Waals surface area contributed by atoms with Crippen LogP contribution in [0, 0.1) is 6.92 Å². The lowest BCUT2D eigenvalue weighted by Crippen LogP contribution is -2.14. The van der Waals surface area contributed by atoms with E-state index in [0.717, 1.165) is 10.8 Å². The number of nitrogens with zero attached hydrogens (tertiary/aromatic N) is 3. The Labute approximate surface area is 141 Å². The lowest BCUT2D eigenvalue weighted by atomic mass is 10.2. The largest absolute Gasteiger partial charge is 0.401 e. The number of thiazole rings is 1. The number of aromatic nitrogens is 3. The highest BCUT2D eigenvalue weighted by atomic mass is 32.2. The first-order chi connectivity index (χ1) is 11.2. The van der Waals surface area contributed by atoms with Crippen LogP contribution in [0.25, 0.3) is 11.6 Å². The van der Waals surface area contributed by atoms with Crippen molar-refractivity contribution < 1.29 is 9.21 Å². The Morgan fingerprint density at radius 3 is 2.87 bits per heavy atom. The van der Waals surface area contributed by atoms with Gasteiger partial charge in [0.2, 0.25) is 5.91 Å². The fourth-order valence-corrected chi connectivity index (χ4v) is 3.20. The van der Waals surface area contributed by atoms with Crippen LogP contribution < -0.4 is 5.32 Å². The van der Waals surface area contributed by atoms with Crippen LogP contribution >= 0.6 is 23.1 Å². The smallest absolute Gasteiger partial charge is 0.322 e. The van der Waals surface area contributed by atoms with Crippen molar-refractivity contribution in [2.24, 2.45) is 0 Å². The maximum Gasteiger partial charge on any atom is 0.322 e. The SMILES string of the molecule is Cc1nc(-c2nnc(NC(=O)CSCc3ccccc3)o2)cs1. The number of amides is 1. The molecule has 0 fully saturated rings. The Bertz CT molecular complexity index is 786. The summed E-state index contributed by atoms with van der Waals surface area (Å²) in [6.45, 7) is 1.90. The van der Waals surface area contributed by atoms with Crippen molar-refractivity contribution in [3.63, 3.8) is 0 Å². The van der Waals surface area contributed by atoms with Crippen molar-refractivity contribution in [2.45, 2.75) is 12.7 Å². The van der Waals surface area contributed by atoms with E-state index in [0.29, 0.717) is 17.3 Å². The summed E-state index contributed by atoms with van der Waals surface area (Å²) < 4.78 is 5.40. The molecule has 3 rings (SSSR count). The number of anilines is 1. The maximum atomic E-state index is 11.9. The number of hydrogen-bond acceptors (Lipinski definition) is 7. The van der Waals surface area contributed by atoms with Crippen LogP contribution in [0.4, 0.5) is 6.01 Å². The molecule has 0 radical (unpaired) electrons. The van der Waals surface area contributed by atoms with Crippen molar-refractivity contribution in [1.82, 2.24) is 15.2 Å². The third kappa shape index (κ3) is 4.40. The summed E-state index contributed by atoms with van der Waals surface area (Å²) in [7, 11) is 0. The van der Waals surface area contributed by atoms with Gasteiger partial charge in [-0.3, -0.25) is 10.1 Å². The predicted octanol–water partition coefficient (Wildman–Crippen LogP) is 3.37. The molecule has 2 aromatic heterocycles. The molecule has 0 spiro atoms. The molecule has 8 heteroatoms. The molecule has 0 unspecified atom stereocenters. The number of benzene rings is 1. The molecule has 2 heterocycles. The van der Waals surface area contributed by atoms with Gasteiger partial charge in [-0.05, 0) is 12.5 Å². The van der Waals surface area contributed by atoms with E-state index >= 15 is 0 Å². The maximum absolute atomic E-state index is 11.9. The second-order valence-corrected chi connectivity index (χ2v) is 6.74. The Morgan fingerprint density at radius 1 is 1.30 bits per heavy atom. The fourth-order valence-electron chi connectivity index (χ4n) is 1.83. The van der Waals surface area contributed by atoms with E-state index in [1.54, 1.807) is 0 Å². The van der Waals surface area contributed by atoms with Gasteiger partial charge in [0.15, 0.2) is 0 Å². The van der Waals surface area contributed by atoms with Gasteiger partial charge in [-0.1, -0.05) is 35.4 Å². The number of carbonyl (C=O) groups is 1. The summed E-state index contributed by atoms with van der Waals surface area (Å²) >= 11 is 3.03. The van der Waals surface area contributed by atoms with Crippen LogP contribution in [0.3, 0.4) is 0 Å². The van der Waals surface area contributed by atoms with E-state index in [1.807, 2.05) is 42.6 Å². The van der Waals surface area contributed by atoms with Gasteiger partial charge in [-0.2, -0.15) is 0 Å². The minimum Gasteiger partial charge on any atom is -0.401 e. The van der Waals surface area contributed by atoms with Crippen molar-refractivity contribution in [2.75, 3.05) is 11.1 Å². The summed E-state index contributed by atoms with van der Waals surface area (Å²) in [5.74, 6) is 1.24. The molecule has 3 aromatic rings. The van der Waals surface area contributed by atoms with Gasteiger partial charge in [0, 0.05) is 11.1 Å². The van der Waals surface area contributed by atoms with Crippen LogP contribution in [0.2, 0.25) is 0 Å². The van der Waals surface area contributed by atoms with Gasteiger partial charge in [0.25, 0.3) is 5.89 Å². The van der Waals surface area contributed by atoms with Gasteiger partial charge in [-0.15, -0.1) is 28.2 Å². The first kappa shape index (κ1) is 15.7. The molecule has 1 N–H and O–H groups in total. The monoisotopic (exact) mass is 346 g/mol. The van der Waals surface area contributed by atoms with Crippen LogP contribution in [-0.4, -0.2) is 26.8 Å². The van der Waals surface area contributed by atoms with E-state index in [4.69, 9.17) is 4.42 Å². The molecule has 118 valence electrons. The molecular formula is C15H14N4O2S2.